The van der Waals surface area contributed by atoms with E-state index in [1.165, 1.54) is 4.90 Å². The third-order valence-corrected chi connectivity index (χ3v) is 5.24. The molecule has 1 aliphatic heterocycles. The second kappa shape index (κ2) is 6.33. The van der Waals surface area contributed by atoms with Gasteiger partial charge in [-0.15, -0.1) is 0 Å². The highest BCUT2D eigenvalue weighted by atomic mass is 79.9. The standard InChI is InChI=1S/C13H17BrN2O4S/c1-9(20-11-4-2-10(14)3-5-11)13(17)16-7-6-12(8-16)21(15,18)19/h2-5,9,12H,6-8H2,1H3,(H2,15,18,19)/t9-,12+/m1/s1. The van der Waals surface area contributed by atoms with Gasteiger partial charge in [0, 0.05) is 17.6 Å². The number of nitrogens with zero attached hydrogens (tertiary/aromatic N) is 1. The number of amides is 1. The fourth-order valence-corrected chi connectivity index (χ4v) is 3.31. The van der Waals surface area contributed by atoms with Crippen LogP contribution in [0.3, 0.4) is 0 Å². The van der Waals surface area contributed by atoms with E-state index in [4.69, 9.17) is 9.88 Å². The van der Waals surface area contributed by atoms with Crippen LogP contribution in [0.1, 0.15) is 13.3 Å². The number of halogens is 1. The Balaban J connectivity index is 1.96. The first-order valence-corrected chi connectivity index (χ1v) is 8.90. The smallest absolute Gasteiger partial charge is 0.263 e. The van der Waals surface area contributed by atoms with Crippen LogP contribution in [0.2, 0.25) is 0 Å². The van der Waals surface area contributed by atoms with Gasteiger partial charge in [-0.2, -0.15) is 0 Å². The molecular formula is C13H17BrN2O4S. The zero-order valence-corrected chi connectivity index (χ0v) is 13.9. The summed E-state index contributed by atoms with van der Waals surface area (Å²) in [5.74, 6) is 0.352. The van der Waals surface area contributed by atoms with Crippen molar-refractivity contribution in [2.75, 3.05) is 13.1 Å². The Morgan fingerprint density at radius 2 is 2.05 bits per heavy atom. The minimum absolute atomic E-state index is 0.131. The van der Waals surface area contributed by atoms with Gasteiger partial charge >= 0.3 is 0 Å². The van der Waals surface area contributed by atoms with Crippen LogP contribution in [-0.4, -0.2) is 43.7 Å². The minimum atomic E-state index is -3.60. The lowest BCUT2D eigenvalue weighted by Gasteiger charge is -2.21. The fraction of sp³-hybridized carbons (Fsp3) is 0.462. The van der Waals surface area contributed by atoms with Crippen LogP contribution in [0, 0.1) is 0 Å². The lowest BCUT2D eigenvalue weighted by molar-refractivity contribution is -0.136. The number of hydrogen-bond donors (Lipinski definition) is 1. The molecule has 8 heteroatoms. The molecule has 2 N–H and O–H groups in total. The Kier molecular flexibility index (Phi) is 4.90. The van der Waals surface area contributed by atoms with Gasteiger partial charge in [0.15, 0.2) is 6.10 Å². The predicted molar refractivity (Wildman–Crippen MR) is 82.3 cm³/mol. The quantitative estimate of drug-likeness (QED) is 0.851. The molecule has 0 saturated carbocycles. The van der Waals surface area contributed by atoms with Gasteiger partial charge in [0.25, 0.3) is 5.91 Å². The summed E-state index contributed by atoms with van der Waals surface area (Å²) in [6.45, 7) is 2.16. The van der Waals surface area contributed by atoms with Crippen molar-refractivity contribution in [3.8, 4) is 5.75 Å². The fourth-order valence-electron chi connectivity index (χ4n) is 2.22. The van der Waals surface area contributed by atoms with E-state index in [9.17, 15) is 13.2 Å². The number of carbonyl (C=O) groups is 1. The highest BCUT2D eigenvalue weighted by Crippen LogP contribution is 2.20. The van der Waals surface area contributed by atoms with E-state index in [0.29, 0.717) is 18.7 Å². The van der Waals surface area contributed by atoms with Gasteiger partial charge in [-0.05, 0) is 37.6 Å². The Bertz CT molecular complexity index is 618. The highest BCUT2D eigenvalue weighted by molar-refractivity contribution is 9.10. The van der Waals surface area contributed by atoms with E-state index in [0.717, 1.165) is 4.47 Å². The molecule has 1 aliphatic rings. The second-order valence-electron chi connectivity index (χ2n) is 5.00. The predicted octanol–water partition coefficient (Wildman–Crippen LogP) is 1.11. The summed E-state index contributed by atoms with van der Waals surface area (Å²) in [4.78, 5) is 13.7. The molecule has 1 heterocycles. The number of ether oxygens (including phenoxy) is 1. The zero-order valence-electron chi connectivity index (χ0n) is 11.5. The average Bonchev–Trinajstić information content (AvgIpc) is 2.90. The number of rotatable bonds is 4. The summed E-state index contributed by atoms with van der Waals surface area (Å²) >= 11 is 3.32. The number of hydrogen-bond acceptors (Lipinski definition) is 4. The van der Waals surface area contributed by atoms with E-state index in [2.05, 4.69) is 15.9 Å². The normalized spacial score (nSPS) is 20.3. The molecule has 1 fully saturated rings. The molecule has 0 radical (unpaired) electrons. The topological polar surface area (TPSA) is 89.7 Å². The number of benzene rings is 1. The van der Waals surface area contributed by atoms with Crippen molar-refractivity contribution in [3.63, 3.8) is 0 Å². The maximum Gasteiger partial charge on any atom is 0.263 e. The summed E-state index contributed by atoms with van der Waals surface area (Å²) in [5.41, 5.74) is 0. The first-order valence-electron chi connectivity index (χ1n) is 6.50. The van der Waals surface area contributed by atoms with Gasteiger partial charge in [-0.25, -0.2) is 13.6 Å². The number of primary sulfonamides is 1. The first kappa shape index (κ1) is 16.3. The van der Waals surface area contributed by atoms with E-state index < -0.39 is 21.4 Å². The molecule has 2 atom stereocenters. The third-order valence-electron chi connectivity index (χ3n) is 3.40. The maximum absolute atomic E-state index is 12.2. The largest absolute Gasteiger partial charge is 0.481 e. The Hall–Kier alpha value is -1.12. The molecule has 1 aromatic carbocycles. The molecule has 1 saturated heterocycles. The van der Waals surface area contributed by atoms with Gasteiger partial charge < -0.3 is 9.64 Å². The van der Waals surface area contributed by atoms with E-state index in [1.807, 2.05) is 12.1 Å². The molecule has 1 amide bonds. The van der Waals surface area contributed by atoms with Crippen molar-refractivity contribution in [2.24, 2.45) is 5.14 Å². The lowest BCUT2D eigenvalue weighted by Crippen LogP contribution is -2.40. The zero-order chi connectivity index (χ0) is 15.6. The summed E-state index contributed by atoms with van der Waals surface area (Å²) in [6, 6.07) is 7.15. The minimum Gasteiger partial charge on any atom is -0.481 e. The first-order chi connectivity index (χ1) is 9.77. The van der Waals surface area contributed by atoms with Gasteiger partial charge in [0.2, 0.25) is 10.0 Å². The van der Waals surface area contributed by atoms with Crippen molar-refractivity contribution in [2.45, 2.75) is 24.7 Å². The molecule has 0 aliphatic carbocycles. The van der Waals surface area contributed by atoms with Gasteiger partial charge in [-0.3, -0.25) is 4.79 Å². The summed E-state index contributed by atoms with van der Waals surface area (Å²) in [6.07, 6.45) is -0.305. The SMILES string of the molecule is C[C@@H](Oc1ccc(Br)cc1)C(=O)N1CC[C@H](S(N)(=O)=O)C1. The van der Waals surface area contributed by atoms with Gasteiger partial charge in [0.05, 0.1) is 5.25 Å². The van der Waals surface area contributed by atoms with Crippen LogP contribution in [0.15, 0.2) is 28.7 Å². The molecule has 6 nitrogen and oxygen atoms in total. The molecule has 1 aromatic rings. The van der Waals surface area contributed by atoms with Crippen molar-refractivity contribution in [3.05, 3.63) is 28.7 Å². The van der Waals surface area contributed by atoms with Crippen LogP contribution in [0.25, 0.3) is 0 Å². The highest BCUT2D eigenvalue weighted by Gasteiger charge is 2.35. The van der Waals surface area contributed by atoms with Crippen molar-refractivity contribution >= 4 is 31.9 Å². The Morgan fingerprint density at radius 1 is 1.43 bits per heavy atom. The number of carbonyl (C=O) groups excluding carboxylic acids is 1. The van der Waals surface area contributed by atoms with Gasteiger partial charge in [-0.1, -0.05) is 15.9 Å². The molecule has 116 valence electrons. The van der Waals surface area contributed by atoms with Crippen LogP contribution in [0.5, 0.6) is 5.75 Å². The molecule has 0 aromatic heterocycles. The van der Waals surface area contributed by atoms with Crippen LogP contribution < -0.4 is 9.88 Å². The molecule has 0 spiro atoms. The van der Waals surface area contributed by atoms with E-state index in [-0.39, 0.29) is 12.5 Å². The van der Waals surface area contributed by atoms with E-state index in [1.54, 1.807) is 19.1 Å². The number of nitrogens with two attached hydrogens (primary N) is 1. The Morgan fingerprint density at radius 3 is 2.57 bits per heavy atom. The summed E-state index contributed by atoms with van der Waals surface area (Å²) < 4.78 is 29.1. The van der Waals surface area contributed by atoms with Crippen molar-refractivity contribution in [1.29, 1.82) is 0 Å². The van der Waals surface area contributed by atoms with Gasteiger partial charge in [0.1, 0.15) is 5.75 Å². The average molecular weight is 377 g/mol. The molecule has 2 rings (SSSR count). The van der Waals surface area contributed by atoms with Crippen molar-refractivity contribution in [1.82, 2.24) is 4.90 Å². The van der Waals surface area contributed by atoms with E-state index >= 15 is 0 Å². The number of likely N-dealkylation sites (tertiary alicyclic amines) is 1. The van der Waals surface area contributed by atoms with Crippen LogP contribution in [-0.2, 0) is 14.8 Å². The Labute approximate surface area is 132 Å². The second-order valence-corrected chi connectivity index (χ2v) is 7.76. The molecule has 0 bridgehead atoms. The third kappa shape index (κ3) is 4.18. The maximum atomic E-state index is 12.2. The molecular weight excluding hydrogens is 360 g/mol. The van der Waals surface area contributed by atoms with Crippen LogP contribution >= 0.6 is 15.9 Å². The van der Waals surface area contributed by atoms with Crippen LogP contribution in [0.4, 0.5) is 0 Å². The summed E-state index contributed by atoms with van der Waals surface area (Å²) in [5, 5.41) is 4.44. The lowest BCUT2D eigenvalue weighted by atomic mass is 10.3. The number of sulfonamides is 1. The molecule has 0 unspecified atom stereocenters. The monoisotopic (exact) mass is 376 g/mol. The van der Waals surface area contributed by atoms with Crippen molar-refractivity contribution < 1.29 is 17.9 Å². The summed E-state index contributed by atoms with van der Waals surface area (Å²) in [7, 11) is -3.60. The molecule has 21 heavy (non-hydrogen) atoms.